The van der Waals surface area contributed by atoms with Crippen molar-refractivity contribution in [1.29, 1.82) is 0 Å². The maximum Gasteiger partial charge on any atom is 0.319 e. The Morgan fingerprint density at radius 2 is 2.10 bits per heavy atom. The number of hydrogen-bond donors (Lipinski definition) is 3. The SMILES string of the molecule is Cn1cnc2c(F)c(Nc3ccc(Br)cc3Cl)c(C(=O)NOCCOC(=O)CN)cc21. The number of nitrogens with zero attached hydrogens (tertiary/aromatic N) is 2. The number of ether oxygens (including phenoxy) is 1. The van der Waals surface area contributed by atoms with Crippen molar-refractivity contribution >= 4 is 61.8 Å². The molecule has 0 atom stereocenters. The average molecular weight is 515 g/mol. The Labute approximate surface area is 189 Å². The highest BCUT2D eigenvalue weighted by Gasteiger charge is 2.22. The highest BCUT2D eigenvalue weighted by atomic mass is 79.9. The molecule has 12 heteroatoms. The van der Waals surface area contributed by atoms with Gasteiger partial charge in [0.15, 0.2) is 5.82 Å². The van der Waals surface area contributed by atoms with Crippen LogP contribution in [0.4, 0.5) is 15.8 Å². The lowest BCUT2D eigenvalue weighted by Gasteiger charge is -2.15. The van der Waals surface area contributed by atoms with Crippen LogP contribution in [0.5, 0.6) is 0 Å². The number of hydroxylamine groups is 1. The lowest BCUT2D eigenvalue weighted by molar-refractivity contribution is -0.144. The first-order valence-corrected chi connectivity index (χ1v) is 10.1. The maximum atomic E-state index is 15.3. The predicted octanol–water partition coefficient (Wildman–Crippen LogP) is 3.04. The number of hydrogen-bond acceptors (Lipinski definition) is 7. The van der Waals surface area contributed by atoms with Crippen molar-refractivity contribution in [2.45, 2.75) is 0 Å². The van der Waals surface area contributed by atoms with Crippen molar-refractivity contribution in [3.8, 4) is 0 Å². The number of nitrogens with one attached hydrogen (secondary N) is 2. The number of carbonyl (C=O) groups is 2. The summed E-state index contributed by atoms with van der Waals surface area (Å²) in [7, 11) is 1.68. The van der Waals surface area contributed by atoms with E-state index in [0.717, 1.165) is 4.47 Å². The van der Waals surface area contributed by atoms with Gasteiger partial charge < -0.3 is 20.4 Å². The number of imidazole rings is 1. The number of anilines is 2. The molecule has 9 nitrogen and oxygen atoms in total. The van der Waals surface area contributed by atoms with E-state index in [2.05, 4.69) is 31.7 Å². The van der Waals surface area contributed by atoms with Gasteiger partial charge in [-0.1, -0.05) is 27.5 Å². The van der Waals surface area contributed by atoms with Gasteiger partial charge in [0.05, 0.1) is 40.3 Å². The minimum Gasteiger partial charge on any atom is -0.462 e. The summed E-state index contributed by atoms with van der Waals surface area (Å²) >= 11 is 9.54. The quantitative estimate of drug-likeness (QED) is 0.240. The van der Waals surface area contributed by atoms with Crippen LogP contribution in [-0.4, -0.2) is 41.2 Å². The number of aromatic nitrogens is 2. The molecule has 2 aromatic carbocycles. The molecule has 0 unspecified atom stereocenters. The van der Waals surface area contributed by atoms with Gasteiger partial charge in [-0.25, -0.2) is 14.9 Å². The first-order chi connectivity index (χ1) is 14.8. The molecule has 1 aromatic heterocycles. The molecule has 0 fully saturated rings. The third kappa shape index (κ3) is 5.31. The molecule has 0 radical (unpaired) electrons. The second kappa shape index (κ2) is 10.1. The average Bonchev–Trinajstić information content (AvgIpc) is 3.11. The zero-order valence-electron chi connectivity index (χ0n) is 16.2. The third-order valence-corrected chi connectivity index (χ3v) is 4.98. The molecule has 0 saturated carbocycles. The van der Waals surface area contributed by atoms with Crippen molar-refractivity contribution in [2.24, 2.45) is 12.8 Å². The summed E-state index contributed by atoms with van der Waals surface area (Å²) in [6.45, 7) is -0.482. The molecular weight excluding hydrogens is 497 g/mol. The normalized spacial score (nSPS) is 10.9. The standard InChI is InChI=1S/C19H18BrClFN5O4/c1-27-9-24-18-14(27)7-11(19(29)26-31-5-4-30-15(28)8-23)17(16(18)22)25-13-3-2-10(20)6-12(13)21/h2-3,6-7,9,25H,4-5,8,23H2,1H3,(H,26,29). The van der Waals surface area contributed by atoms with Crippen molar-refractivity contribution in [2.75, 3.05) is 25.1 Å². The summed E-state index contributed by atoms with van der Waals surface area (Å²) < 4.78 is 22.4. The fourth-order valence-corrected chi connectivity index (χ4v) is 3.40. The molecule has 0 aliphatic rings. The van der Waals surface area contributed by atoms with Crippen LogP contribution in [0.3, 0.4) is 0 Å². The summed E-state index contributed by atoms with van der Waals surface area (Å²) in [5.74, 6) is -2.04. The Morgan fingerprint density at radius 1 is 1.32 bits per heavy atom. The summed E-state index contributed by atoms with van der Waals surface area (Å²) in [4.78, 5) is 32.8. The number of carbonyl (C=O) groups excluding carboxylic acids is 2. The van der Waals surface area contributed by atoms with Crippen LogP contribution >= 0.6 is 27.5 Å². The smallest absolute Gasteiger partial charge is 0.319 e. The Kier molecular flexibility index (Phi) is 7.44. The van der Waals surface area contributed by atoms with Gasteiger partial charge >= 0.3 is 5.97 Å². The summed E-state index contributed by atoms with van der Waals surface area (Å²) in [6, 6.07) is 6.47. The minimum atomic E-state index is -0.723. The van der Waals surface area contributed by atoms with Crippen LogP contribution in [0.15, 0.2) is 35.1 Å². The Balaban J connectivity index is 1.87. The van der Waals surface area contributed by atoms with E-state index < -0.39 is 17.7 Å². The number of esters is 1. The van der Waals surface area contributed by atoms with Crippen molar-refractivity contribution in [3.05, 3.63) is 51.5 Å². The molecule has 0 aliphatic carbocycles. The molecule has 31 heavy (non-hydrogen) atoms. The van der Waals surface area contributed by atoms with Gasteiger partial charge in [0, 0.05) is 11.5 Å². The van der Waals surface area contributed by atoms with Crippen molar-refractivity contribution in [1.82, 2.24) is 15.0 Å². The molecule has 3 aromatic rings. The van der Waals surface area contributed by atoms with Crippen LogP contribution in [0.1, 0.15) is 10.4 Å². The van der Waals surface area contributed by atoms with Crippen LogP contribution in [-0.2, 0) is 21.4 Å². The molecule has 0 aliphatic heterocycles. The van der Waals surface area contributed by atoms with Crippen molar-refractivity contribution < 1.29 is 23.6 Å². The van der Waals surface area contributed by atoms with Gasteiger partial charge in [-0.15, -0.1) is 0 Å². The summed E-state index contributed by atoms with van der Waals surface area (Å²) in [5.41, 5.74) is 8.06. The first kappa shape index (κ1) is 22.9. The molecule has 0 spiro atoms. The van der Waals surface area contributed by atoms with Gasteiger partial charge in [-0.2, -0.15) is 0 Å². The van der Waals surface area contributed by atoms with Crippen LogP contribution in [0, 0.1) is 5.82 Å². The fraction of sp³-hybridized carbons (Fsp3) is 0.211. The number of halogens is 3. The summed E-state index contributed by atoms with van der Waals surface area (Å²) in [6.07, 6.45) is 1.44. The van der Waals surface area contributed by atoms with Crippen LogP contribution in [0.2, 0.25) is 5.02 Å². The van der Waals surface area contributed by atoms with Gasteiger partial charge in [0.25, 0.3) is 5.91 Å². The Morgan fingerprint density at radius 3 is 2.81 bits per heavy atom. The molecule has 0 bridgehead atoms. The fourth-order valence-electron chi connectivity index (χ4n) is 2.68. The lowest BCUT2D eigenvalue weighted by atomic mass is 10.1. The van der Waals surface area contributed by atoms with E-state index in [0.29, 0.717) is 16.2 Å². The predicted molar refractivity (Wildman–Crippen MR) is 117 cm³/mol. The Bertz CT molecular complexity index is 1140. The highest BCUT2D eigenvalue weighted by molar-refractivity contribution is 9.10. The number of benzene rings is 2. The number of rotatable bonds is 8. The van der Waals surface area contributed by atoms with Crippen LogP contribution < -0.4 is 16.5 Å². The number of amides is 1. The van der Waals surface area contributed by atoms with Gasteiger partial charge in [-0.05, 0) is 24.3 Å². The molecule has 3 rings (SSSR count). The summed E-state index contributed by atoms with van der Waals surface area (Å²) in [5, 5.41) is 3.18. The van der Waals surface area contributed by atoms with E-state index in [1.54, 1.807) is 29.8 Å². The monoisotopic (exact) mass is 513 g/mol. The van der Waals surface area contributed by atoms with Gasteiger partial charge in [0.1, 0.15) is 18.7 Å². The molecular formula is C19H18BrClFN5O4. The third-order valence-electron chi connectivity index (χ3n) is 4.18. The molecule has 1 heterocycles. The minimum absolute atomic E-state index is 0.0356. The Hall–Kier alpha value is -2.73. The first-order valence-electron chi connectivity index (χ1n) is 8.95. The van der Waals surface area contributed by atoms with E-state index in [1.165, 1.54) is 12.4 Å². The van der Waals surface area contributed by atoms with E-state index in [9.17, 15) is 9.59 Å². The second-order valence-corrected chi connectivity index (χ2v) is 7.61. The molecule has 164 valence electrons. The zero-order chi connectivity index (χ0) is 22.5. The topological polar surface area (TPSA) is 121 Å². The highest BCUT2D eigenvalue weighted by Crippen LogP contribution is 2.34. The largest absolute Gasteiger partial charge is 0.462 e. The van der Waals surface area contributed by atoms with E-state index in [4.69, 9.17) is 26.9 Å². The second-order valence-electron chi connectivity index (χ2n) is 6.29. The molecule has 0 saturated heterocycles. The number of nitrogens with two attached hydrogens (primary N) is 1. The molecule has 1 amide bonds. The van der Waals surface area contributed by atoms with E-state index in [-0.39, 0.29) is 36.5 Å². The van der Waals surface area contributed by atoms with Crippen molar-refractivity contribution in [3.63, 3.8) is 0 Å². The van der Waals surface area contributed by atoms with Gasteiger partial charge in [0.2, 0.25) is 0 Å². The van der Waals surface area contributed by atoms with E-state index in [1.807, 2.05) is 0 Å². The zero-order valence-corrected chi connectivity index (χ0v) is 18.6. The maximum absolute atomic E-state index is 15.3. The number of aryl methyl sites for hydroxylation is 1. The molecule has 4 N–H and O–H groups in total. The van der Waals surface area contributed by atoms with Gasteiger partial charge in [-0.3, -0.25) is 14.4 Å². The lowest BCUT2D eigenvalue weighted by Crippen LogP contribution is -2.27. The van der Waals surface area contributed by atoms with Crippen LogP contribution in [0.25, 0.3) is 11.0 Å². The number of fused-ring (bicyclic) bond motifs is 1. The van der Waals surface area contributed by atoms with E-state index >= 15 is 4.39 Å².